The number of hydrogen-bond acceptors (Lipinski definition) is 6. The predicted molar refractivity (Wildman–Crippen MR) is 145 cm³/mol. The first-order chi connectivity index (χ1) is 18.4. The molecule has 38 heavy (non-hydrogen) atoms. The standard InChI is InChI=1S/C29H37ClN2O6/c1-3-5-6-11-19-37-28(36)23-22-14-15-29(38-22)24(23)26(34)32(17-9-10-18-33)25(29)27(35)31(16-4-2)21-13-8-7-12-20(21)30/h3-4,7-8,12-13,22-25,33H,1-2,5-6,9-11,14-19H2/t22-,23+,24-,25?,29?/m0/s1. The van der Waals surface area contributed by atoms with Crippen LogP contribution in [-0.4, -0.2) is 71.8 Å². The molecule has 3 aliphatic heterocycles. The van der Waals surface area contributed by atoms with Gasteiger partial charge in [0.15, 0.2) is 0 Å². The van der Waals surface area contributed by atoms with Crippen LogP contribution < -0.4 is 4.90 Å². The Morgan fingerprint density at radius 3 is 2.71 bits per heavy atom. The van der Waals surface area contributed by atoms with Crippen molar-refractivity contribution in [2.45, 2.75) is 62.7 Å². The number of aliphatic hydroxyl groups is 1. The number of ether oxygens (including phenoxy) is 2. The lowest BCUT2D eigenvalue weighted by molar-refractivity contribution is -0.155. The Balaban J connectivity index is 1.65. The Kier molecular flexibility index (Phi) is 9.28. The molecule has 2 bridgehead atoms. The van der Waals surface area contributed by atoms with E-state index in [0.717, 1.165) is 12.8 Å². The van der Waals surface area contributed by atoms with Crippen molar-refractivity contribution in [3.05, 3.63) is 54.6 Å². The summed E-state index contributed by atoms with van der Waals surface area (Å²) in [6.07, 6.45) is 7.47. The number of para-hydroxylation sites is 1. The van der Waals surface area contributed by atoms with Gasteiger partial charge in [-0.3, -0.25) is 14.4 Å². The number of carbonyl (C=O) groups is 3. The summed E-state index contributed by atoms with van der Waals surface area (Å²) in [4.78, 5) is 44.6. The SMILES string of the molecule is C=CCCCCOC(=O)[C@@H]1[C@@H]2CCC3(O2)C(C(=O)N(CC=C)c2ccccc2Cl)N(CCCCO)C(=O)[C@H]13. The van der Waals surface area contributed by atoms with Crippen molar-refractivity contribution in [3.63, 3.8) is 0 Å². The molecule has 9 heteroatoms. The molecule has 0 saturated carbocycles. The van der Waals surface area contributed by atoms with Crippen molar-refractivity contribution in [2.24, 2.45) is 11.8 Å². The summed E-state index contributed by atoms with van der Waals surface area (Å²) in [6, 6.07) is 6.12. The van der Waals surface area contributed by atoms with E-state index in [0.29, 0.717) is 42.8 Å². The van der Waals surface area contributed by atoms with Gasteiger partial charge in [0.05, 0.1) is 35.3 Å². The monoisotopic (exact) mass is 544 g/mol. The number of anilines is 1. The number of hydrogen-bond donors (Lipinski definition) is 1. The molecular weight excluding hydrogens is 508 g/mol. The van der Waals surface area contributed by atoms with E-state index in [1.54, 1.807) is 35.2 Å². The summed E-state index contributed by atoms with van der Waals surface area (Å²) >= 11 is 6.47. The smallest absolute Gasteiger partial charge is 0.312 e. The quantitative estimate of drug-likeness (QED) is 0.217. The molecule has 1 aromatic rings. The summed E-state index contributed by atoms with van der Waals surface area (Å²) < 4.78 is 12.1. The van der Waals surface area contributed by atoms with Gasteiger partial charge in [-0.25, -0.2) is 0 Å². The van der Waals surface area contributed by atoms with Crippen LogP contribution in [0.25, 0.3) is 0 Å². The number of rotatable bonds is 14. The molecule has 206 valence electrons. The summed E-state index contributed by atoms with van der Waals surface area (Å²) in [7, 11) is 0. The molecule has 3 heterocycles. The van der Waals surface area contributed by atoms with Crippen molar-refractivity contribution in [3.8, 4) is 0 Å². The average Bonchev–Trinajstić information content (AvgIpc) is 3.55. The molecule has 1 spiro atoms. The van der Waals surface area contributed by atoms with Gasteiger partial charge in [-0.15, -0.1) is 13.2 Å². The van der Waals surface area contributed by atoms with Crippen LogP contribution in [0.15, 0.2) is 49.6 Å². The van der Waals surface area contributed by atoms with E-state index < -0.39 is 35.6 Å². The van der Waals surface area contributed by atoms with Crippen LogP contribution in [0.5, 0.6) is 0 Å². The van der Waals surface area contributed by atoms with Gasteiger partial charge in [0, 0.05) is 19.7 Å². The zero-order valence-corrected chi connectivity index (χ0v) is 22.5. The maximum Gasteiger partial charge on any atom is 0.312 e. The largest absolute Gasteiger partial charge is 0.465 e. The fourth-order valence-corrected chi connectivity index (χ4v) is 6.49. The Morgan fingerprint density at radius 2 is 2.00 bits per heavy atom. The van der Waals surface area contributed by atoms with Crippen LogP contribution in [0, 0.1) is 11.8 Å². The first-order valence-electron chi connectivity index (χ1n) is 13.4. The third kappa shape index (κ3) is 5.14. The molecule has 0 radical (unpaired) electrons. The number of likely N-dealkylation sites (tertiary alicyclic amines) is 1. The normalized spacial score (nSPS) is 27.3. The molecule has 4 rings (SSSR count). The highest BCUT2D eigenvalue weighted by atomic mass is 35.5. The van der Waals surface area contributed by atoms with Crippen LogP contribution in [0.4, 0.5) is 5.69 Å². The number of halogens is 1. The molecule has 1 aromatic carbocycles. The minimum Gasteiger partial charge on any atom is -0.465 e. The van der Waals surface area contributed by atoms with Crippen LogP contribution >= 0.6 is 11.6 Å². The van der Waals surface area contributed by atoms with E-state index in [1.165, 1.54) is 4.90 Å². The molecule has 3 aliphatic rings. The third-order valence-electron chi connectivity index (χ3n) is 7.88. The zero-order chi connectivity index (χ0) is 27.3. The Morgan fingerprint density at radius 1 is 1.21 bits per heavy atom. The molecule has 0 aliphatic carbocycles. The van der Waals surface area contributed by atoms with Crippen LogP contribution in [-0.2, 0) is 23.9 Å². The van der Waals surface area contributed by atoms with Crippen LogP contribution in [0.1, 0.15) is 44.9 Å². The van der Waals surface area contributed by atoms with Gasteiger partial charge in [0.1, 0.15) is 11.6 Å². The minimum absolute atomic E-state index is 0.0171. The van der Waals surface area contributed by atoms with Crippen LogP contribution in [0.3, 0.4) is 0 Å². The van der Waals surface area contributed by atoms with Gasteiger partial charge in [-0.05, 0) is 57.1 Å². The van der Waals surface area contributed by atoms with Gasteiger partial charge in [0.2, 0.25) is 5.91 Å². The molecule has 8 nitrogen and oxygen atoms in total. The van der Waals surface area contributed by atoms with Gasteiger partial charge >= 0.3 is 5.97 Å². The van der Waals surface area contributed by atoms with E-state index in [4.69, 9.17) is 21.1 Å². The van der Waals surface area contributed by atoms with Gasteiger partial charge in [-0.1, -0.05) is 35.9 Å². The highest BCUT2D eigenvalue weighted by Gasteiger charge is 2.75. The average molecular weight is 545 g/mol. The Hall–Kier alpha value is -2.68. The molecule has 2 unspecified atom stereocenters. The highest BCUT2D eigenvalue weighted by Crippen LogP contribution is 2.59. The number of benzene rings is 1. The number of fused-ring (bicyclic) bond motifs is 1. The summed E-state index contributed by atoms with van der Waals surface area (Å²) in [5, 5.41) is 9.74. The van der Waals surface area contributed by atoms with Gasteiger partial charge < -0.3 is 24.4 Å². The maximum absolute atomic E-state index is 14.3. The summed E-state index contributed by atoms with van der Waals surface area (Å²) in [6.45, 7) is 8.23. The molecule has 2 amide bonds. The zero-order valence-electron chi connectivity index (χ0n) is 21.7. The lowest BCUT2D eigenvalue weighted by Crippen LogP contribution is -2.56. The second kappa shape index (κ2) is 12.5. The van der Waals surface area contributed by atoms with Crippen molar-refractivity contribution in [1.29, 1.82) is 0 Å². The lowest BCUT2D eigenvalue weighted by Gasteiger charge is -2.37. The molecule has 3 fully saturated rings. The van der Waals surface area contributed by atoms with Crippen molar-refractivity contribution >= 4 is 35.1 Å². The van der Waals surface area contributed by atoms with E-state index >= 15 is 0 Å². The van der Waals surface area contributed by atoms with Crippen molar-refractivity contribution in [2.75, 3.05) is 31.2 Å². The molecule has 1 N–H and O–H groups in total. The predicted octanol–water partition coefficient (Wildman–Crippen LogP) is 3.91. The number of allylic oxidation sites excluding steroid dienone is 1. The number of amides is 2. The number of esters is 1. The fraction of sp³-hybridized carbons (Fsp3) is 0.552. The Bertz CT molecular complexity index is 1060. The van der Waals surface area contributed by atoms with Crippen LogP contribution in [0.2, 0.25) is 5.02 Å². The topological polar surface area (TPSA) is 96.4 Å². The molecule has 3 saturated heterocycles. The van der Waals surface area contributed by atoms with Crippen molar-refractivity contribution < 1.29 is 29.0 Å². The lowest BCUT2D eigenvalue weighted by atomic mass is 9.70. The van der Waals surface area contributed by atoms with Gasteiger partial charge in [-0.2, -0.15) is 0 Å². The van der Waals surface area contributed by atoms with E-state index in [-0.39, 0.29) is 38.1 Å². The summed E-state index contributed by atoms with van der Waals surface area (Å²) in [5.41, 5.74) is -0.602. The number of unbranched alkanes of at least 4 members (excludes halogenated alkanes) is 3. The van der Waals surface area contributed by atoms with Crippen molar-refractivity contribution in [1.82, 2.24) is 4.90 Å². The fourth-order valence-electron chi connectivity index (χ4n) is 6.25. The first kappa shape index (κ1) is 28.3. The third-order valence-corrected chi connectivity index (χ3v) is 8.20. The number of nitrogens with zero attached hydrogens (tertiary/aromatic N) is 2. The Labute approximate surface area is 229 Å². The molecule has 0 aromatic heterocycles. The second-order valence-electron chi connectivity index (χ2n) is 10.2. The molecular formula is C29H37ClN2O6. The van der Waals surface area contributed by atoms with E-state index in [1.807, 2.05) is 6.08 Å². The first-order valence-corrected chi connectivity index (χ1v) is 13.8. The molecule has 5 atom stereocenters. The van der Waals surface area contributed by atoms with E-state index in [2.05, 4.69) is 13.2 Å². The number of carbonyl (C=O) groups excluding carboxylic acids is 3. The minimum atomic E-state index is -1.12. The number of aliphatic hydroxyl groups excluding tert-OH is 1. The maximum atomic E-state index is 14.3. The van der Waals surface area contributed by atoms with Gasteiger partial charge in [0.25, 0.3) is 5.91 Å². The summed E-state index contributed by atoms with van der Waals surface area (Å²) in [5.74, 6) is -2.57. The van der Waals surface area contributed by atoms with E-state index in [9.17, 15) is 19.5 Å². The second-order valence-corrected chi connectivity index (χ2v) is 10.6. The highest BCUT2D eigenvalue weighted by molar-refractivity contribution is 6.34.